The Balaban J connectivity index is 2.68. The highest BCUT2D eigenvalue weighted by molar-refractivity contribution is 9.11. The zero-order valence-electron chi connectivity index (χ0n) is 12.3. The maximum absolute atomic E-state index is 12.1. The summed E-state index contributed by atoms with van der Waals surface area (Å²) in [5, 5.41) is 14.1. The summed E-state index contributed by atoms with van der Waals surface area (Å²) in [6.07, 6.45) is 0. The monoisotopic (exact) mass is 392 g/mol. The third-order valence-corrected chi connectivity index (χ3v) is 4.46. The van der Waals surface area contributed by atoms with Crippen LogP contribution in [0.5, 0.6) is 0 Å². The lowest BCUT2D eigenvalue weighted by Crippen LogP contribution is -2.59. The van der Waals surface area contributed by atoms with Crippen LogP contribution in [0.1, 0.15) is 23.5 Å². The molecule has 0 aromatic carbocycles. The molecule has 3 N–H and O–H groups in total. The fourth-order valence-corrected chi connectivity index (χ4v) is 2.88. The maximum atomic E-state index is 12.1. The summed E-state index contributed by atoms with van der Waals surface area (Å²) in [4.78, 5) is 35.7. The van der Waals surface area contributed by atoms with Crippen molar-refractivity contribution < 1.29 is 24.2 Å². The molecular weight excluding hydrogens is 376 g/mol. The van der Waals surface area contributed by atoms with E-state index in [1.807, 2.05) is 0 Å². The molecule has 0 saturated heterocycles. The summed E-state index contributed by atoms with van der Waals surface area (Å²) in [5.41, 5.74) is -1.56. The Hall–Kier alpha value is -1.45. The topological polar surface area (TPSA) is 105 Å². The van der Waals surface area contributed by atoms with Gasteiger partial charge in [0.15, 0.2) is 5.54 Å². The van der Waals surface area contributed by atoms with Crippen molar-refractivity contribution in [2.24, 2.45) is 0 Å². The Bertz CT molecular complexity index is 577. The Kier molecular flexibility index (Phi) is 6.51. The summed E-state index contributed by atoms with van der Waals surface area (Å²) < 4.78 is 5.61. The molecule has 9 heteroatoms. The standard InChI is InChI=1S/C13H17BrN2O5S/c1-7(15-11(18)8-4-5-9(14)22-8)10(17)16-13(2,6-21-3)12(19)20/h4-5,7H,6H2,1-3H3,(H,15,18)(H,16,17)(H,19,20). The number of thiophene rings is 1. The van der Waals surface area contributed by atoms with Crippen molar-refractivity contribution in [3.8, 4) is 0 Å². The molecule has 2 unspecified atom stereocenters. The van der Waals surface area contributed by atoms with Crippen molar-refractivity contribution in [3.05, 3.63) is 20.8 Å². The first-order valence-corrected chi connectivity index (χ1v) is 7.91. The molecule has 0 aliphatic rings. The molecule has 7 nitrogen and oxygen atoms in total. The van der Waals surface area contributed by atoms with Crippen molar-refractivity contribution in [2.45, 2.75) is 25.4 Å². The first-order chi connectivity index (χ1) is 10.2. The maximum Gasteiger partial charge on any atom is 0.331 e. The largest absolute Gasteiger partial charge is 0.479 e. The van der Waals surface area contributed by atoms with Gasteiger partial charge in [0.25, 0.3) is 5.91 Å². The molecule has 1 aromatic rings. The lowest BCUT2D eigenvalue weighted by atomic mass is 10.0. The van der Waals surface area contributed by atoms with E-state index in [0.717, 1.165) is 3.79 Å². The lowest BCUT2D eigenvalue weighted by Gasteiger charge is -2.27. The molecule has 0 radical (unpaired) electrons. The summed E-state index contributed by atoms with van der Waals surface area (Å²) in [6.45, 7) is 2.62. The van der Waals surface area contributed by atoms with Crippen molar-refractivity contribution in [2.75, 3.05) is 13.7 Å². The number of halogens is 1. The molecule has 122 valence electrons. The highest BCUT2D eigenvalue weighted by atomic mass is 79.9. The molecule has 0 fully saturated rings. The number of aliphatic carboxylic acids is 1. The smallest absolute Gasteiger partial charge is 0.331 e. The molecule has 0 bridgehead atoms. The zero-order valence-corrected chi connectivity index (χ0v) is 14.7. The second kappa shape index (κ2) is 7.70. The number of hydrogen-bond acceptors (Lipinski definition) is 5. The van der Waals surface area contributed by atoms with E-state index in [4.69, 9.17) is 4.74 Å². The Morgan fingerprint density at radius 2 is 2.09 bits per heavy atom. The number of carbonyl (C=O) groups is 3. The van der Waals surface area contributed by atoms with Gasteiger partial charge in [-0.25, -0.2) is 4.79 Å². The third-order valence-electron chi connectivity index (χ3n) is 2.84. The number of carboxylic acid groups (broad SMARTS) is 1. The van der Waals surface area contributed by atoms with E-state index in [-0.39, 0.29) is 6.61 Å². The van der Waals surface area contributed by atoms with E-state index in [9.17, 15) is 19.5 Å². The second-order valence-corrected chi connectivity index (χ2v) is 7.32. The number of rotatable bonds is 7. The summed E-state index contributed by atoms with van der Waals surface area (Å²) in [7, 11) is 1.34. The molecule has 2 amide bonds. The van der Waals surface area contributed by atoms with Gasteiger partial charge in [0.1, 0.15) is 6.04 Å². The fourth-order valence-electron chi connectivity index (χ4n) is 1.59. The number of carboxylic acids is 1. The Morgan fingerprint density at radius 3 is 2.55 bits per heavy atom. The number of methoxy groups -OCH3 is 1. The summed E-state index contributed by atoms with van der Waals surface area (Å²) >= 11 is 4.48. The van der Waals surface area contributed by atoms with Crippen LogP contribution in [0.2, 0.25) is 0 Å². The highest BCUT2D eigenvalue weighted by Crippen LogP contribution is 2.21. The fraction of sp³-hybridized carbons (Fsp3) is 0.462. The highest BCUT2D eigenvalue weighted by Gasteiger charge is 2.36. The van der Waals surface area contributed by atoms with Gasteiger partial charge in [-0.2, -0.15) is 0 Å². The minimum Gasteiger partial charge on any atom is -0.479 e. The molecule has 1 rings (SSSR count). The quantitative estimate of drug-likeness (QED) is 0.647. The number of carbonyl (C=O) groups excluding carboxylic acids is 2. The normalized spacial score (nSPS) is 14.7. The van der Waals surface area contributed by atoms with Crippen molar-refractivity contribution in [1.29, 1.82) is 0 Å². The zero-order chi connectivity index (χ0) is 16.9. The van der Waals surface area contributed by atoms with E-state index < -0.39 is 29.4 Å². The summed E-state index contributed by atoms with van der Waals surface area (Å²) in [5.74, 6) is -2.23. The predicted molar refractivity (Wildman–Crippen MR) is 85.0 cm³/mol. The van der Waals surface area contributed by atoms with Gasteiger partial charge < -0.3 is 20.5 Å². The second-order valence-electron chi connectivity index (χ2n) is 4.86. The van der Waals surface area contributed by atoms with Crippen molar-refractivity contribution in [1.82, 2.24) is 10.6 Å². The molecule has 22 heavy (non-hydrogen) atoms. The molecule has 2 atom stereocenters. The van der Waals surface area contributed by atoms with Crippen molar-refractivity contribution in [3.63, 3.8) is 0 Å². The summed E-state index contributed by atoms with van der Waals surface area (Å²) in [6, 6.07) is 2.47. The Labute approximate surface area is 140 Å². The van der Waals surface area contributed by atoms with Crippen LogP contribution in [-0.4, -0.2) is 48.2 Å². The van der Waals surface area contributed by atoms with Gasteiger partial charge >= 0.3 is 5.97 Å². The van der Waals surface area contributed by atoms with Crippen LogP contribution in [0.25, 0.3) is 0 Å². The van der Waals surface area contributed by atoms with Crippen LogP contribution in [-0.2, 0) is 14.3 Å². The molecule has 0 spiro atoms. The molecule has 0 saturated carbocycles. The van der Waals surface area contributed by atoms with E-state index in [0.29, 0.717) is 4.88 Å². The first kappa shape index (κ1) is 18.6. The van der Waals surface area contributed by atoms with Crippen LogP contribution >= 0.6 is 27.3 Å². The van der Waals surface area contributed by atoms with Gasteiger partial charge in [-0.3, -0.25) is 9.59 Å². The van der Waals surface area contributed by atoms with E-state index in [2.05, 4.69) is 26.6 Å². The van der Waals surface area contributed by atoms with Gasteiger partial charge in [-0.05, 0) is 41.9 Å². The number of amides is 2. The molecular formula is C13H17BrN2O5S. The van der Waals surface area contributed by atoms with Crippen LogP contribution in [0.3, 0.4) is 0 Å². The number of nitrogens with one attached hydrogen (secondary N) is 2. The van der Waals surface area contributed by atoms with E-state index >= 15 is 0 Å². The predicted octanol–water partition coefficient (Wildman–Crippen LogP) is 1.23. The minimum atomic E-state index is -1.56. The molecule has 1 aromatic heterocycles. The van der Waals surface area contributed by atoms with Crippen LogP contribution < -0.4 is 10.6 Å². The minimum absolute atomic E-state index is 0.188. The van der Waals surface area contributed by atoms with E-state index in [1.54, 1.807) is 12.1 Å². The molecule has 0 aliphatic heterocycles. The first-order valence-electron chi connectivity index (χ1n) is 6.30. The van der Waals surface area contributed by atoms with Gasteiger partial charge in [0.2, 0.25) is 5.91 Å². The third kappa shape index (κ3) is 4.79. The lowest BCUT2D eigenvalue weighted by molar-refractivity contribution is -0.149. The van der Waals surface area contributed by atoms with Crippen molar-refractivity contribution >= 4 is 45.1 Å². The van der Waals surface area contributed by atoms with Gasteiger partial charge in [0.05, 0.1) is 15.3 Å². The average Bonchev–Trinajstić information content (AvgIpc) is 2.85. The Morgan fingerprint density at radius 1 is 1.45 bits per heavy atom. The van der Waals surface area contributed by atoms with Crippen LogP contribution in [0.15, 0.2) is 15.9 Å². The van der Waals surface area contributed by atoms with Gasteiger partial charge in [0, 0.05) is 7.11 Å². The van der Waals surface area contributed by atoms with E-state index in [1.165, 1.54) is 32.3 Å². The SMILES string of the molecule is COCC(C)(NC(=O)C(C)NC(=O)c1ccc(Br)s1)C(=O)O. The molecule has 0 aliphatic carbocycles. The average molecular weight is 393 g/mol. The van der Waals surface area contributed by atoms with Gasteiger partial charge in [-0.15, -0.1) is 11.3 Å². The van der Waals surface area contributed by atoms with Gasteiger partial charge in [-0.1, -0.05) is 0 Å². The number of ether oxygens (including phenoxy) is 1. The van der Waals surface area contributed by atoms with Crippen LogP contribution in [0.4, 0.5) is 0 Å². The number of hydrogen-bond donors (Lipinski definition) is 3. The molecule has 1 heterocycles. The van der Waals surface area contributed by atoms with Crippen LogP contribution in [0, 0.1) is 0 Å².